The summed E-state index contributed by atoms with van der Waals surface area (Å²) in [6.45, 7) is 7.32. The molecule has 0 radical (unpaired) electrons. The number of nitrogens with one attached hydrogen (secondary N) is 1. The molecular formula is C13H25N5O2S. The zero-order valence-corrected chi connectivity index (χ0v) is 13.8. The quantitative estimate of drug-likeness (QED) is 0.788. The molecule has 1 aromatic heterocycles. The lowest BCUT2D eigenvalue weighted by Crippen LogP contribution is -2.34. The molecule has 0 aliphatic carbocycles. The van der Waals surface area contributed by atoms with Gasteiger partial charge in [-0.15, -0.1) is 0 Å². The van der Waals surface area contributed by atoms with Crippen molar-refractivity contribution in [3.63, 3.8) is 0 Å². The number of nitrogens with zero attached hydrogens (tertiary/aromatic N) is 3. The van der Waals surface area contributed by atoms with Crippen LogP contribution >= 0.6 is 0 Å². The minimum absolute atomic E-state index is 0.0506. The normalized spacial score (nSPS) is 18.2. The number of nitrogen functional groups attached to an aromatic ring is 1. The third kappa shape index (κ3) is 3.75. The van der Waals surface area contributed by atoms with E-state index < -0.39 is 10.0 Å². The van der Waals surface area contributed by atoms with Gasteiger partial charge in [0.15, 0.2) is 5.82 Å². The Labute approximate surface area is 126 Å². The Kier molecular flexibility index (Phi) is 4.90. The zero-order chi connectivity index (χ0) is 15.6. The molecule has 0 saturated carbocycles. The average Bonchev–Trinajstić information content (AvgIpc) is 2.97. The second-order valence-corrected chi connectivity index (χ2v) is 7.59. The summed E-state index contributed by atoms with van der Waals surface area (Å²) in [7, 11) is -1.93. The molecule has 1 saturated heterocycles. The SMILES string of the molecule is Cc1c(S(=O)(=O)NCC(C)CN2CCCC2)c(N)nn1C. The van der Waals surface area contributed by atoms with Crippen molar-refractivity contribution in [3.8, 4) is 0 Å². The third-order valence-corrected chi connectivity index (χ3v) is 5.55. The van der Waals surface area contributed by atoms with Crippen molar-refractivity contribution in [2.24, 2.45) is 13.0 Å². The summed E-state index contributed by atoms with van der Waals surface area (Å²) in [5, 5.41) is 3.95. The molecule has 0 amide bonds. The van der Waals surface area contributed by atoms with Crippen LogP contribution in [0.3, 0.4) is 0 Å². The molecule has 1 atom stereocenters. The highest BCUT2D eigenvalue weighted by atomic mass is 32.2. The number of aromatic nitrogens is 2. The Hall–Kier alpha value is -1.12. The molecule has 1 aliphatic heterocycles. The summed E-state index contributed by atoms with van der Waals surface area (Å²) in [6, 6.07) is 0. The van der Waals surface area contributed by atoms with Crippen molar-refractivity contribution in [2.45, 2.75) is 31.6 Å². The van der Waals surface area contributed by atoms with Crippen molar-refractivity contribution in [3.05, 3.63) is 5.69 Å². The van der Waals surface area contributed by atoms with E-state index in [1.165, 1.54) is 17.5 Å². The number of sulfonamides is 1. The lowest BCUT2D eigenvalue weighted by atomic mass is 10.2. The van der Waals surface area contributed by atoms with Crippen molar-refractivity contribution >= 4 is 15.8 Å². The van der Waals surface area contributed by atoms with E-state index in [0.29, 0.717) is 12.2 Å². The number of nitrogens with two attached hydrogens (primary N) is 1. The van der Waals surface area contributed by atoms with Crippen LogP contribution in [0.15, 0.2) is 4.90 Å². The van der Waals surface area contributed by atoms with Gasteiger partial charge >= 0.3 is 0 Å². The summed E-state index contributed by atoms with van der Waals surface area (Å²) < 4.78 is 28.9. The molecule has 7 nitrogen and oxygen atoms in total. The fourth-order valence-corrected chi connectivity index (χ4v) is 4.23. The number of likely N-dealkylation sites (tertiary alicyclic amines) is 1. The molecule has 1 aliphatic rings. The summed E-state index contributed by atoms with van der Waals surface area (Å²) in [6.07, 6.45) is 2.48. The number of rotatable bonds is 6. The molecule has 8 heteroatoms. The van der Waals surface area contributed by atoms with Gasteiger partial charge in [0.05, 0.1) is 5.69 Å². The smallest absolute Gasteiger partial charge is 0.246 e. The van der Waals surface area contributed by atoms with Gasteiger partial charge in [0.2, 0.25) is 10.0 Å². The molecule has 3 N–H and O–H groups in total. The number of hydrogen-bond acceptors (Lipinski definition) is 5. The highest BCUT2D eigenvalue weighted by Gasteiger charge is 2.25. The van der Waals surface area contributed by atoms with Gasteiger partial charge in [-0.2, -0.15) is 5.10 Å². The van der Waals surface area contributed by atoms with Crippen LogP contribution in [-0.4, -0.2) is 49.3 Å². The molecule has 1 unspecified atom stereocenters. The largest absolute Gasteiger partial charge is 0.381 e. The summed E-state index contributed by atoms with van der Waals surface area (Å²) in [5.41, 5.74) is 6.26. The highest BCUT2D eigenvalue weighted by molar-refractivity contribution is 7.89. The van der Waals surface area contributed by atoms with Crippen molar-refractivity contribution in [1.82, 2.24) is 19.4 Å². The summed E-state index contributed by atoms with van der Waals surface area (Å²) in [5.74, 6) is 0.311. The van der Waals surface area contributed by atoms with Crippen LogP contribution in [0.25, 0.3) is 0 Å². The Bertz CT molecular complexity index is 590. The molecule has 1 aromatic rings. The molecule has 0 aromatic carbocycles. The zero-order valence-electron chi connectivity index (χ0n) is 13.0. The first-order chi connectivity index (χ1) is 9.81. The van der Waals surface area contributed by atoms with E-state index in [2.05, 4.69) is 21.6 Å². The van der Waals surface area contributed by atoms with Gasteiger partial charge in [-0.05, 0) is 38.8 Å². The van der Waals surface area contributed by atoms with Gasteiger partial charge in [-0.1, -0.05) is 6.92 Å². The Balaban J connectivity index is 1.97. The van der Waals surface area contributed by atoms with Gasteiger partial charge in [0.25, 0.3) is 0 Å². The maximum atomic E-state index is 12.4. The van der Waals surface area contributed by atoms with E-state index in [0.717, 1.165) is 19.6 Å². The summed E-state index contributed by atoms with van der Waals surface area (Å²) in [4.78, 5) is 2.47. The molecule has 1 fully saturated rings. The van der Waals surface area contributed by atoms with E-state index in [1.807, 2.05) is 0 Å². The van der Waals surface area contributed by atoms with Crippen LogP contribution in [0.1, 0.15) is 25.5 Å². The number of aryl methyl sites for hydroxylation is 1. The maximum Gasteiger partial charge on any atom is 0.246 e. The van der Waals surface area contributed by atoms with E-state index in [-0.39, 0.29) is 16.6 Å². The van der Waals surface area contributed by atoms with E-state index >= 15 is 0 Å². The van der Waals surface area contributed by atoms with Crippen LogP contribution in [-0.2, 0) is 17.1 Å². The maximum absolute atomic E-state index is 12.4. The lowest BCUT2D eigenvalue weighted by Gasteiger charge is -2.20. The van der Waals surface area contributed by atoms with Crippen LogP contribution in [0.2, 0.25) is 0 Å². The first kappa shape index (κ1) is 16.3. The minimum atomic E-state index is -3.61. The monoisotopic (exact) mass is 315 g/mol. The molecule has 2 heterocycles. The molecular weight excluding hydrogens is 290 g/mol. The van der Waals surface area contributed by atoms with Crippen molar-refractivity contribution in [1.29, 1.82) is 0 Å². The predicted octanol–water partition coefficient (Wildman–Crippen LogP) is 0.321. The van der Waals surface area contributed by atoms with Crippen LogP contribution in [0.5, 0.6) is 0 Å². The fraction of sp³-hybridized carbons (Fsp3) is 0.769. The first-order valence-electron chi connectivity index (χ1n) is 7.32. The lowest BCUT2D eigenvalue weighted by molar-refractivity contribution is 0.288. The van der Waals surface area contributed by atoms with Gasteiger partial charge in [-0.25, -0.2) is 13.1 Å². The number of hydrogen-bond donors (Lipinski definition) is 2. The first-order valence-corrected chi connectivity index (χ1v) is 8.80. The Morgan fingerprint density at radius 1 is 1.38 bits per heavy atom. The molecule has 120 valence electrons. The van der Waals surface area contributed by atoms with Gasteiger partial charge in [0, 0.05) is 20.1 Å². The Morgan fingerprint density at radius 3 is 2.52 bits per heavy atom. The minimum Gasteiger partial charge on any atom is -0.381 e. The van der Waals surface area contributed by atoms with E-state index in [1.54, 1.807) is 14.0 Å². The van der Waals surface area contributed by atoms with Crippen LogP contribution in [0, 0.1) is 12.8 Å². The van der Waals surface area contributed by atoms with Crippen molar-refractivity contribution in [2.75, 3.05) is 31.9 Å². The van der Waals surface area contributed by atoms with Crippen LogP contribution in [0.4, 0.5) is 5.82 Å². The Morgan fingerprint density at radius 2 is 2.00 bits per heavy atom. The predicted molar refractivity (Wildman–Crippen MR) is 82.4 cm³/mol. The topological polar surface area (TPSA) is 93.2 Å². The third-order valence-electron chi connectivity index (χ3n) is 3.96. The molecule has 0 spiro atoms. The van der Waals surface area contributed by atoms with Crippen LogP contribution < -0.4 is 10.5 Å². The van der Waals surface area contributed by atoms with Crippen molar-refractivity contribution < 1.29 is 8.42 Å². The average molecular weight is 315 g/mol. The molecule has 21 heavy (non-hydrogen) atoms. The van der Waals surface area contributed by atoms with Gasteiger partial charge in [-0.3, -0.25) is 4.68 Å². The fourth-order valence-electron chi connectivity index (χ4n) is 2.74. The standard InChI is InChI=1S/C13H25N5O2S/c1-10(9-18-6-4-5-7-18)8-15-21(19,20)12-11(2)17(3)16-13(12)14/h10,15H,4-9H2,1-3H3,(H2,14,16). The highest BCUT2D eigenvalue weighted by Crippen LogP contribution is 2.21. The van der Waals surface area contributed by atoms with Gasteiger partial charge in [0.1, 0.15) is 4.90 Å². The van der Waals surface area contributed by atoms with Gasteiger partial charge < -0.3 is 10.6 Å². The summed E-state index contributed by atoms with van der Waals surface area (Å²) >= 11 is 0. The molecule has 2 rings (SSSR count). The van der Waals surface area contributed by atoms with E-state index in [4.69, 9.17) is 5.73 Å². The second-order valence-electron chi connectivity index (χ2n) is 5.89. The van der Waals surface area contributed by atoms with E-state index in [9.17, 15) is 8.42 Å². The molecule has 0 bridgehead atoms. The second kappa shape index (κ2) is 6.33. The number of anilines is 1.